The van der Waals surface area contributed by atoms with Crippen molar-refractivity contribution in [3.63, 3.8) is 0 Å². The minimum atomic E-state index is -1.02. The zero-order chi connectivity index (χ0) is 20.0. The predicted octanol–water partition coefficient (Wildman–Crippen LogP) is 2.12. The molecule has 1 amide bonds. The van der Waals surface area contributed by atoms with Gasteiger partial charge >= 0.3 is 0 Å². The van der Waals surface area contributed by atoms with Crippen LogP contribution in [-0.2, 0) is 11.2 Å². The van der Waals surface area contributed by atoms with Crippen molar-refractivity contribution >= 4 is 11.7 Å². The third-order valence-electron chi connectivity index (χ3n) is 5.90. The largest absolute Gasteiger partial charge is 0.373 e. The molecule has 1 aliphatic carbocycles. The van der Waals surface area contributed by atoms with Gasteiger partial charge in [0.15, 0.2) is 6.23 Å². The number of pyridine rings is 1. The van der Waals surface area contributed by atoms with E-state index in [2.05, 4.69) is 20.5 Å². The van der Waals surface area contributed by atoms with Crippen molar-refractivity contribution in [2.45, 2.75) is 31.0 Å². The second-order valence-electron chi connectivity index (χ2n) is 7.85. The molecule has 3 N–H and O–H groups in total. The van der Waals surface area contributed by atoms with Gasteiger partial charge in [-0.3, -0.25) is 20.1 Å². The summed E-state index contributed by atoms with van der Waals surface area (Å²) in [5.74, 6) is 1.10. The smallest absolute Gasteiger partial charge is 0.245 e. The molecule has 1 aromatic carbocycles. The van der Waals surface area contributed by atoms with E-state index in [0.717, 1.165) is 23.2 Å². The van der Waals surface area contributed by atoms with Crippen LogP contribution in [0.2, 0.25) is 0 Å². The number of carbonyl (C=O) groups excluding carboxylic acids is 1. The summed E-state index contributed by atoms with van der Waals surface area (Å²) < 4.78 is 0. The van der Waals surface area contributed by atoms with Crippen LogP contribution < -0.4 is 10.2 Å². The van der Waals surface area contributed by atoms with Gasteiger partial charge in [0.25, 0.3) is 0 Å². The van der Waals surface area contributed by atoms with Crippen LogP contribution in [0.1, 0.15) is 41.1 Å². The molecule has 2 aromatic heterocycles. The summed E-state index contributed by atoms with van der Waals surface area (Å²) >= 11 is 0. The number of fused-ring (bicyclic) bond motifs is 3. The molecule has 0 spiro atoms. The number of carbonyl (C=O) groups is 1. The molecule has 0 saturated heterocycles. The highest BCUT2D eigenvalue weighted by atomic mass is 16.3. The van der Waals surface area contributed by atoms with Crippen molar-refractivity contribution in [2.75, 3.05) is 11.9 Å². The lowest BCUT2D eigenvalue weighted by molar-refractivity contribution is -0.121. The highest BCUT2D eigenvalue weighted by Gasteiger charge is 2.52. The van der Waals surface area contributed by atoms with Gasteiger partial charge in [-0.2, -0.15) is 5.10 Å². The first-order valence-corrected chi connectivity index (χ1v) is 9.86. The van der Waals surface area contributed by atoms with Crippen molar-refractivity contribution in [1.82, 2.24) is 20.5 Å². The number of nitrogens with zero attached hydrogens (tertiary/aromatic N) is 3. The number of hydrogen-bond acceptors (Lipinski definition) is 5. The van der Waals surface area contributed by atoms with E-state index in [1.807, 2.05) is 48.5 Å². The SMILES string of the molecule is CN1C(=O)[C@H](NC(O)c2cc(Cc3ccccc3)[nH]n2)[C@@H]2CC2c2cccnc21. The molecule has 1 fully saturated rings. The molecule has 1 aliphatic heterocycles. The molecule has 2 unspecified atom stereocenters. The fourth-order valence-corrected chi connectivity index (χ4v) is 4.29. The van der Waals surface area contributed by atoms with Crippen molar-refractivity contribution in [1.29, 1.82) is 0 Å². The fraction of sp³-hybridized carbons (Fsp3) is 0.318. The molecule has 3 aromatic rings. The third kappa shape index (κ3) is 3.32. The highest BCUT2D eigenvalue weighted by molar-refractivity contribution is 5.98. The Morgan fingerprint density at radius 3 is 2.93 bits per heavy atom. The molecule has 2 aliphatic rings. The van der Waals surface area contributed by atoms with Crippen LogP contribution in [0.4, 0.5) is 5.82 Å². The third-order valence-corrected chi connectivity index (χ3v) is 5.90. The standard InChI is InChI=1S/C22H23N5O2/c1-27-20-15(8-5-9-23-20)16-12-17(16)19(22(27)29)24-21(28)18-11-14(25-26-18)10-13-6-3-2-4-7-13/h2-9,11,16-17,19,21,24,28H,10,12H2,1H3,(H,25,26)/t16?,17-,19-,21?/m1/s1. The van der Waals surface area contributed by atoms with E-state index >= 15 is 0 Å². The lowest BCUT2D eigenvalue weighted by Crippen LogP contribution is -2.47. The Kier molecular flexibility index (Phi) is 4.41. The van der Waals surface area contributed by atoms with Crippen molar-refractivity contribution in [2.24, 2.45) is 5.92 Å². The lowest BCUT2D eigenvalue weighted by Gasteiger charge is -2.24. The Morgan fingerprint density at radius 1 is 1.28 bits per heavy atom. The van der Waals surface area contributed by atoms with E-state index < -0.39 is 12.3 Å². The molecule has 1 saturated carbocycles. The first kappa shape index (κ1) is 18.0. The summed E-state index contributed by atoms with van der Waals surface area (Å²) in [7, 11) is 1.74. The summed E-state index contributed by atoms with van der Waals surface area (Å²) in [4.78, 5) is 19.0. The van der Waals surface area contributed by atoms with Gasteiger partial charge in [-0.1, -0.05) is 36.4 Å². The maximum Gasteiger partial charge on any atom is 0.245 e. The topological polar surface area (TPSA) is 94.1 Å². The van der Waals surface area contributed by atoms with Gasteiger partial charge in [0, 0.05) is 25.4 Å². The van der Waals surface area contributed by atoms with Crippen LogP contribution in [0.15, 0.2) is 54.7 Å². The van der Waals surface area contributed by atoms with E-state index in [1.54, 1.807) is 18.1 Å². The van der Waals surface area contributed by atoms with Gasteiger partial charge in [0.2, 0.25) is 5.91 Å². The number of aliphatic hydroxyl groups excluding tert-OH is 1. The van der Waals surface area contributed by atoms with E-state index in [1.165, 1.54) is 0 Å². The number of anilines is 1. The van der Waals surface area contributed by atoms with Crippen LogP contribution >= 0.6 is 0 Å². The second kappa shape index (κ2) is 7.09. The van der Waals surface area contributed by atoms with Crippen molar-refractivity contribution < 1.29 is 9.90 Å². The van der Waals surface area contributed by atoms with Gasteiger partial charge < -0.3 is 5.11 Å². The number of H-pyrrole nitrogens is 1. The minimum Gasteiger partial charge on any atom is -0.373 e. The molecule has 0 radical (unpaired) electrons. The maximum atomic E-state index is 13.0. The Bertz CT molecular complexity index is 1030. The number of aromatic nitrogens is 3. The number of likely N-dealkylation sites (N-methyl/N-ethyl adjacent to an activating group) is 1. The Hall–Kier alpha value is -3.03. The second-order valence-corrected chi connectivity index (χ2v) is 7.85. The van der Waals surface area contributed by atoms with Crippen LogP contribution in [-0.4, -0.2) is 39.3 Å². The molecule has 3 heterocycles. The molecule has 148 valence electrons. The Morgan fingerprint density at radius 2 is 2.10 bits per heavy atom. The van der Waals surface area contributed by atoms with Crippen molar-refractivity contribution in [3.05, 3.63) is 77.2 Å². The zero-order valence-electron chi connectivity index (χ0n) is 16.1. The number of nitrogens with one attached hydrogen (secondary N) is 2. The summed E-state index contributed by atoms with van der Waals surface area (Å²) in [6, 6.07) is 15.4. The average molecular weight is 389 g/mol. The highest BCUT2D eigenvalue weighted by Crippen LogP contribution is 2.54. The summed E-state index contributed by atoms with van der Waals surface area (Å²) in [6.45, 7) is 0. The first-order chi connectivity index (χ1) is 14.1. The molecule has 5 rings (SSSR count). The average Bonchev–Trinajstić information content (AvgIpc) is 3.41. The maximum absolute atomic E-state index is 13.0. The van der Waals surface area contributed by atoms with Gasteiger partial charge in [-0.15, -0.1) is 0 Å². The number of amides is 1. The Balaban J connectivity index is 1.31. The normalized spacial score (nSPS) is 23.9. The van der Waals surface area contributed by atoms with Gasteiger partial charge in [-0.05, 0) is 41.5 Å². The van der Waals surface area contributed by atoms with Crippen LogP contribution in [0.3, 0.4) is 0 Å². The van der Waals surface area contributed by atoms with E-state index in [-0.39, 0.29) is 11.8 Å². The molecular formula is C22H23N5O2. The van der Waals surface area contributed by atoms with Crippen LogP contribution in [0.5, 0.6) is 0 Å². The molecule has 4 atom stereocenters. The number of rotatable bonds is 5. The first-order valence-electron chi connectivity index (χ1n) is 9.86. The molecule has 0 bridgehead atoms. The van der Waals surface area contributed by atoms with E-state index in [4.69, 9.17) is 0 Å². The number of aliphatic hydroxyl groups is 1. The minimum absolute atomic E-state index is 0.0750. The van der Waals surface area contributed by atoms with Gasteiger partial charge in [0.1, 0.15) is 11.5 Å². The molecule has 7 nitrogen and oxygen atoms in total. The van der Waals surface area contributed by atoms with E-state index in [9.17, 15) is 9.90 Å². The predicted molar refractivity (Wildman–Crippen MR) is 108 cm³/mol. The summed E-state index contributed by atoms with van der Waals surface area (Å²) in [5.41, 5.74) is 3.68. The fourth-order valence-electron chi connectivity index (χ4n) is 4.29. The Labute approximate surface area is 168 Å². The molecular weight excluding hydrogens is 366 g/mol. The quantitative estimate of drug-likeness (QED) is 0.581. The lowest BCUT2D eigenvalue weighted by atomic mass is 10.1. The summed E-state index contributed by atoms with van der Waals surface area (Å²) in [6.07, 6.45) is 2.31. The van der Waals surface area contributed by atoms with Crippen LogP contribution in [0.25, 0.3) is 0 Å². The van der Waals surface area contributed by atoms with E-state index in [0.29, 0.717) is 23.9 Å². The monoisotopic (exact) mass is 389 g/mol. The van der Waals surface area contributed by atoms with Crippen LogP contribution in [0, 0.1) is 5.92 Å². The number of hydrogen-bond donors (Lipinski definition) is 3. The summed E-state index contributed by atoms with van der Waals surface area (Å²) in [5, 5.41) is 21.1. The molecule has 29 heavy (non-hydrogen) atoms. The zero-order valence-corrected chi connectivity index (χ0v) is 16.1. The van der Waals surface area contributed by atoms with Crippen molar-refractivity contribution in [3.8, 4) is 0 Å². The number of benzene rings is 1. The molecule has 7 heteroatoms. The number of aromatic amines is 1. The van der Waals surface area contributed by atoms with Gasteiger partial charge in [-0.25, -0.2) is 4.98 Å². The van der Waals surface area contributed by atoms with Gasteiger partial charge in [0.05, 0.1) is 6.04 Å².